The van der Waals surface area contributed by atoms with E-state index in [1.807, 2.05) is 6.07 Å². The Labute approximate surface area is 152 Å². The summed E-state index contributed by atoms with van der Waals surface area (Å²) >= 11 is 0. The fourth-order valence-electron chi connectivity index (χ4n) is 2.34. The van der Waals surface area contributed by atoms with E-state index < -0.39 is 10.0 Å². The quantitative estimate of drug-likeness (QED) is 0.799. The minimum Gasteiger partial charge on any atom is -0.497 e. The van der Waals surface area contributed by atoms with Crippen molar-refractivity contribution in [1.29, 1.82) is 5.26 Å². The van der Waals surface area contributed by atoms with Crippen molar-refractivity contribution in [2.75, 3.05) is 25.1 Å². The molecule has 8 heteroatoms. The molecule has 0 saturated heterocycles. The second kappa shape index (κ2) is 8.47. The molecule has 0 aliphatic heterocycles. The Balaban J connectivity index is 2.07. The minimum atomic E-state index is -3.70. The maximum atomic E-state index is 12.3. The van der Waals surface area contributed by atoms with Gasteiger partial charge in [0, 0.05) is 25.7 Å². The van der Waals surface area contributed by atoms with Gasteiger partial charge in [-0.15, -0.1) is 0 Å². The predicted molar refractivity (Wildman–Crippen MR) is 97.4 cm³/mol. The standard InChI is InChI=1S/C18H19N3O4S/c1-14(22)21(16-5-3-4-15(12-16)13-19)11-10-20-26(23,24)18-8-6-17(25-2)7-9-18/h3-9,12,20H,10-11H2,1-2H3. The van der Waals surface area contributed by atoms with Crippen LogP contribution in [0.1, 0.15) is 12.5 Å². The maximum absolute atomic E-state index is 12.3. The number of sulfonamides is 1. The molecule has 0 spiro atoms. The van der Waals surface area contributed by atoms with E-state index in [-0.39, 0.29) is 23.9 Å². The van der Waals surface area contributed by atoms with E-state index in [0.29, 0.717) is 17.0 Å². The fourth-order valence-corrected chi connectivity index (χ4v) is 3.36. The lowest BCUT2D eigenvalue weighted by Gasteiger charge is -2.21. The van der Waals surface area contributed by atoms with Gasteiger partial charge in [0.2, 0.25) is 15.9 Å². The van der Waals surface area contributed by atoms with Crippen LogP contribution in [0.15, 0.2) is 53.4 Å². The van der Waals surface area contributed by atoms with E-state index >= 15 is 0 Å². The Bertz CT molecular complexity index is 918. The molecule has 0 atom stereocenters. The first-order chi connectivity index (χ1) is 12.4. The van der Waals surface area contributed by atoms with Gasteiger partial charge < -0.3 is 9.64 Å². The lowest BCUT2D eigenvalue weighted by atomic mass is 10.2. The minimum absolute atomic E-state index is 0.0325. The summed E-state index contributed by atoms with van der Waals surface area (Å²) in [6.07, 6.45) is 0. The van der Waals surface area contributed by atoms with Crippen LogP contribution in [0.2, 0.25) is 0 Å². The van der Waals surface area contributed by atoms with E-state index in [1.165, 1.54) is 31.1 Å². The van der Waals surface area contributed by atoms with E-state index in [4.69, 9.17) is 10.00 Å². The van der Waals surface area contributed by atoms with Crippen LogP contribution < -0.4 is 14.4 Å². The highest BCUT2D eigenvalue weighted by molar-refractivity contribution is 7.89. The van der Waals surface area contributed by atoms with Crippen LogP contribution in [-0.2, 0) is 14.8 Å². The van der Waals surface area contributed by atoms with Gasteiger partial charge in [0.25, 0.3) is 0 Å². The third-order valence-corrected chi connectivity index (χ3v) is 5.14. The summed E-state index contributed by atoms with van der Waals surface area (Å²) in [6.45, 7) is 1.56. The molecule has 0 aliphatic rings. The summed E-state index contributed by atoms with van der Waals surface area (Å²) < 4.78 is 32.1. The number of nitriles is 1. The van der Waals surface area contributed by atoms with Crippen molar-refractivity contribution in [2.24, 2.45) is 0 Å². The molecule has 0 unspecified atom stereocenters. The van der Waals surface area contributed by atoms with Gasteiger partial charge >= 0.3 is 0 Å². The van der Waals surface area contributed by atoms with Crippen LogP contribution in [0.5, 0.6) is 5.75 Å². The van der Waals surface area contributed by atoms with Crippen molar-refractivity contribution in [3.05, 3.63) is 54.1 Å². The van der Waals surface area contributed by atoms with Gasteiger partial charge in [-0.05, 0) is 42.5 Å². The van der Waals surface area contributed by atoms with Crippen molar-refractivity contribution in [1.82, 2.24) is 4.72 Å². The summed E-state index contributed by atoms with van der Waals surface area (Å²) in [4.78, 5) is 13.4. The van der Waals surface area contributed by atoms with Gasteiger partial charge in [-0.3, -0.25) is 4.79 Å². The maximum Gasteiger partial charge on any atom is 0.240 e. The number of anilines is 1. The van der Waals surface area contributed by atoms with Gasteiger partial charge in [0.05, 0.1) is 23.6 Å². The average Bonchev–Trinajstić information content (AvgIpc) is 2.65. The lowest BCUT2D eigenvalue weighted by Crippen LogP contribution is -2.37. The first-order valence-corrected chi connectivity index (χ1v) is 9.27. The van der Waals surface area contributed by atoms with Gasteiger partial charge in [-0.2, -0.15) is 5.26 Å². The molecule has 0 bridgehead atoms. The van der Waals surface area contributed by atoms with Crippen LogP contribution >= 0.6 is 0 Å². The van der Waals surface area contributed by atoms with E-state index in [0.717, 1.165) is 0 Å². The number of rotatable bonds is 7. The number of nitrogens with one attached hydrogen (secondary N) is 1. The van der Waals surface area contributed by atoms with Gasteiger partial charge in [0.15, 0.2) is 0 Å². The molecule has 0 aromatic heterocycles. The molecule has 0 fully saturated rings. The van der Waals surface area contributed by atoms with Crippen molar-refractivity contribution >= 4 is 21.6 Å². The molecule has 0 saturated carbocycles. The third kappa shape index (κ3) is 4.81. The summed E-state index contributed by atoms with van der Waals surface area (Å²) in [5.74, 6) is 0.313. The molecule has 136 valence electrons. The van der Waals surface area contributed by atoms with E-state index in [2.05, 4.69) is 4.72 Å². The third-order valence-electron chi connectivity index (χ3n) is 3.66. The molecule has 2 aromatic rings. The highest BCUT2D eigenvalue weighted by Gasteiger charge is 2.16. The van der Waals surface area contributed by atoms with Crippen molar-refractivity contribution in [2.45, 2.75) is 11.8 Å². The number of amides is 1. The monoisotopic (exact) mass is 373 g/mol. The smallest absolute Gasteiger partial charge is 0.240 e. The molecule has 2 rings (SSSR count). The van der Waals surface area contributed by atoms with Gasteiger partial charge in [-0.1, -0.05) is 6.07 Å². The molecule has 1 amide bonds. The second-order valence-corrected chi connectivity index (χ2v) is 7.17. The summed E-state index contributed by atoms with van der Waals surface area (Å²) in [5.41, 5.74) is 0.966. The van der Waals surface area contributed by atoms with Crippen molar-refractivity contribution in [3.63, 3.8) is 0 Å². The molecule has 2 aromatic carbocycles. The van der Waals surface area contributed by atoms with Crippen LogP contribution in [0, 0.1) is 11.3 Å². The van der Waals surface area contributed by atoms with Crippen LogP contribution in [-0.4, -0.2) is 34.5 Å². The number of nitrogens with zero attached hydrogens (tertiary/aromatic N) is 2. The normalized spacial score (nSPS) is 10.8. The molecular weight excluding hydrogens is 354 g/mol. The number of carbonyl (C=O) groups excluding carboxylic acids is 1. The van der Waals surface area contributed by atoms with Crippen LogP contribution in [0.3, 0.4) is 0 Å². The largest absolute Gasteiger partial charge is 0.497 e. The molecule has 0 aliphatic carbocycles. The first-order valence-electron chi connectivity index (χ1n) is 7.79. The molecule has 0 radical (unpaired) electrons. The number of hydrogen-bond acceptors (Lipinski definition) is 5. The predicted octanol–water partition coefficient (Wildman–Crippen LogP) is 1.90. The number of hydrogen-bond donors (Lipinski definition) is 1. The highest BCUT2D eigenvalue weighted by atomic mass is 32.2. The topological polar surface area (TPSA) is 99.5 Å². The zero-order valence-corrected chi connectivity index (χ0v) is 15.3. The summed E-state index contributed by atoms with van der Waals surface area (Å²) in [7, 11) is -2.20. The van der Waals surface area contributed by atoms with Crippen LogP contribution in [0.25, 0.3) is 0 Å². The Morgan fingerprint density at radius 2 is 1.92 bits per heavy atom. The van der Waals surface area contributed by atoms with Crippen molar-refractivity contribution < 1.29 is 17.9 Å². The highest BCUT2D eigenvalue weighted by Crippen LogP contribution is 2.17. The Kier molecular flexibility index (Phi) is 6.33. The number of benzene rings is 2. The average molecular weight is 373 g/mol. The van der Waals surface area contributed by atoms with Crippen LogP contribution in [0.4, 0.5) is 5.69 Å². The molecule has 26 heavy (non-hydrogen) atoms. The first kappa shape index (κ1) is 19.4. The van der Waals surface area contributed by atoms with Crippen molar-refractivity contribution in [3.8, 4) is 11.8 Å². The Morgan fingerprint density at radius 3 is 2.50 bits per heavy atom. The number of carbonyl (C=O) groups is 1. The Hall–Kier alpha value is -2.89. The molecule has 7 nitrogen and oxygen atoms in total. The SMILES string of the molecule is COc1ccc(S(=O)(=O)NCCN(C(C)=O)c2cccc(C#N)c2)cc1. The van der Waals surface area contributed by atoms with Gasteiger partial charge in [0.1, 0.15) is 5.75 Å². The molecule has 1 N–H and O–H groups in total. The van der Waals surface area contributed by atoms with Gasteiger partial charge in [-0.25, -0.2) is 13.1 Å². The number of methoxy groups -OCH3 is 1. The summed E-state index contributed by atoms with van der Waals surface area (Å²) in [5, 5.41) is 8.97. The Morgan fingerprint density at radius 1 is 1.23 bits per heavy atom. The molecular formula is C18H19N3O4S. The molecule has 0 heterocycles. The fraction of sp³-hybridized carbons (Fsp3) is 0.222. The summed E-state index contributed by atoms with van der Waals surface area (Å²) in [6, 6.07) is 14.6. The zero-order valence-electron chi connectivity index (χ0n) is 14.5. The zero-order chi connectivity index (χ0) is 19.2. The number of ether oxygens (including phenoxy) is 1. The van der Waals surface area contributed by atoms with E-state index in [9.17, 15) is 13.2 Å². The lowest BCUT2D eigenvalue weighted by molar-refractivity contribution is -0.116. The van der Waals surface area contributed by atoms with E-state index in [1.54, 1.807) is 36.4 Å². The second-order valence-electron chi connectivity index (χ2n) is 5.41.